The lowest BCUT2D eigenvalue weighted by Gasteiger charge is -2.34. The summed E-state index contributed by atoms with van der Waals surface area (Å²) in [4.78, 5) is 16.1. The molecule has 0 aromatic carbocycles. The third-order valence-electron chi connectivity index (χ3n) is 3.48. The van der Waals surface area contributed by atoms with E-state index in [1.165, 1.54) is 7.11 Å². The number of aromatic nitrogens is 1. The van der Waals surface area contributed by atoms with Gasteiger partial charge in [-0.2, -0.15) is 13.2 Å². The normalized spacial score (nSPS) is 18.8. The Labute approximate surface area is 113 Å². The van der Waals surface area contributed by atoms with Crippen LogP contribution in [-0.4, -0.2) is 36.7 Å². The van der Waals surface area contributed by atoms with Gasteiger partial charge in [0.1, 0.15) is 5.60 Å². The van der Waals surface area contributed by atoms with E-state index in [9.17, 15) is 18.0 Å². The second-order valence-corrected chi connectivity index (χ2v) is 4.56. The zero-order valence-corrected chi connectivity index (χ0v) is 10.9. The van der Waals surface area contributed by atoms with Crippen molar-refractivity contribution in [3.8, 4) is 0 Å². The van der Waals surface area contributed by atoms with Crippen LogP contribution in [0, 0.1) is 0 Å². The fourth-order valence-electron chi connectivity index (χ4n) is 2.29. The van der Waals surface area contributed by atoms with Gasteiger partial charge in [0.05, 0.1) is 11.1 Å². The third-order valence-corrected chi connectivity index (χ3v) is 3.48. The topological polar surface area (TPSA) is 48.4 Å². The Morgan fingerprint density at radius 1 is 1.40 bits per heavy atom. The second kappa shape index (κ2) is 5.49. The number of carbonyl (C=O) groups is 1. The van der Waals surface area contributed by atoms with Crippen molar-refractivity contribution >= 4 is 5.78 Å². The number of ether oxygens (including phenoxy) is 2. The molecule has 0 radical (unpaired) electrons. The Morgan fingerprint density at radius 3 is 2.60 bits per heavy atom. The molecule has 0 unspecified atom stereocenters. The minimum atomic E-state index is -4.60. The van der Waals surface area contributed by atoms with Crippen LogP contribution in [0.15, 0.2) is 18.5 Å². The summed E-state index contributed by atoms with van der Waals surface area (Å²) in [5.74, 6) is -0.691. The predicted molar refractivity (Wildman–Crippen MR) is 63.4 cm³/mol. The SMILES string of the molecule is COC1(C(=O)c2cnccc2C(F)(F)F)CCOCC1. The quantitative estimate of drug-likeness (QED) is 0.802. The molecule has 1 aromatic heterocycles. The average Bonchev–Trinajstić information content (AvgIpc) is 2.46. The number of alkyl halides is 3. The van der Waals surface area contributed by atoms with Crippen molar-refractivity contribution in [3.05, 3.63) is 29.6 Å². The Bertz CT molecular complexity index is 496. The highest BCUT2D eigenvalue weighted by Gasteiger charge is 2.44. The van der Waals surface area contributed by atoms with Crippen LogP contribution >= 0.6 is 0 Å². The number of ketones is 1. The third kappa shape index (κ3) is 2.69. The lowest BCUT2D eigenvalue weighted by molar-refractivity contribution is -0.138. The van der Waals surface area contributed by atoms with Gasteiger partial charge < -0.3 is 9.47 Å². The second-order valence-electron chi connectivity index (χ2n) is 4.56. The highest BCUT2D eigenvalue weighted by molar-refractivity contribution is 6.03. The lowest BCUT2D eigenvalue weighted by Crippen LogP contribution is -2.46. The molecule has 2 heterocycles. The number of halogens is 3. The molecule has 0 bridgehead atoms. The number of hydrogen-bond acceptors (Lipinski definition) is 4. The number of nitrogens with zero attached hydrogens (tertiary/aromatic N) is 1. The zero-order valence-electron chi connectivity index (χ0n) is 10.9. The van der Waals surface area contributed by atoms with Crippen LogP contribution in [0.25, 0.3) is 0 Å². The number of carbonyl (C=O) groups excluding carboxylic acids is 1. The average molecular weight is 289 g/mol. The Hall–Kier alpha value is -1.47. The van der Waals surface area contributed by atoms with E-state index < -0.39 is 28.7 Å². The van der Waals surface area contributed by atoms with Gasteiger partial charge in [0.2, 0.25) is 0 Å². The van der Waals surface area contributed by atoms with E-state index in [-0.39, 0.29) is 26.1 Å². The van der Waals surface area contributed by atoms with Gasteiger partial charge >= 0.3 is 6.18 Å². The van der Waals surface area contributed by atoms with Crippen molar-refractivity contribution < 1.29 is 27.4 Å². The number of pyridine rings is 1. The Kier molecular flexibility index (Phi) is 4.10. The minimum absolute atomic E-state index is 0.231. The van der Waals surface area contributed by atoms with Gasteiger partial charge in [-0.15, -0.1) is 0 Å². The predicted octanol–water partition coefficient (Wildman–Crippen LogP) is 2.48. The molecule has 0 spiro atoms. The molecule has 0 N–H and O–H groups in total. The molecule has 1 aliphatic rings. The van der Waals surface area contributed by atoms with E-state index in [2.05, 4.69) is 4.98 Å². The molecular formula is C13H14F3NO3. The van der Waals surface area contributed by atoms with Gasteiger partial charge in [0, 0.05) is 45.6 Å². The first-order valence-electron chi connectivity index (χ1n) is 6.09. The zero-order chi connectivity index (χ0) is 14.8. The molecule has 7 heteroatoms. The molecule has 0 saturated carbocycles. The van der Waals surface area contributed by atoms with Gasteiger partial charge in [0.15, 0.2) is 5.78 Å². The number of methoxy groups -OCH3 is 1. The van der Waals surface area contributed by atoms with Crippen LogP contribution in [0.1, 0.15) is 28.8 Å². The molecule has 0 atom stereocenters. The van der Waals surface area contributed by atoms with Crippen LogP contribution in [0.4, 0.5) is 13.2 Å². The number of rotatable bonds is 3. The summed E-state index contributed by atoms with van der Waals surface area (Å²) in [6.45, 7) is 0.558. The molecule has 4 nitrogen and oxygen atoms in total. The molecule has 1 aromatic rings. The maximum Gasteiger partial charge on any atom is 0.417 e. The van der Waals surface area contributed by atoms with Crippen LogP contribution in [0.2, 0.25) is 0 Å². The minimum Gasteiger partial charge on any atom is -0.381 e. The molecular weight excluding hydrogens is 275 g/mol. The molecule has 1 fully saturated rings. The summed E-state index contributed by atoms with van der Waals surface area (Å²) in [5, 5.41) is 0. The van der Waals surface area contributed by atoms with Crippen molar-refractivity contribution in [2.75, 3.05) is 20.3 Å². The number of Topliss-reactive ketones (excluding diaryl/α,β-unsaturated/α-hetero) is 1. The van der Waals surface area contributed by atoms with E-state index in [0.29, 0.717) is 0 Å². The molecule has 2 rings (SSSR count). The summed E-state index contributed by atoms with van der Waals surface area (Å²) in [7, 11) is 1.33. The highest BCUT2D eigenvalue weighted by Crippen LogP contribution is 2.35. The summed E-state index contributed by atoms with van der Waals surface area (Å²) < 4.78 is 49.3. The smallest absolute Gasteiger partial charge is 0.381 e. The van der Waals surface area contributed by atoms with Crippen LogP contribution < -0.4 is 0 Å². The largest absolute Gasteiger partial charge is 0.417 e. The molecule has 1 aliphatic heterocycles. The first kappa shape index (κ1) is 14.9. The van der Waals surface area contributed by atoms with Gasteiger partial charge in [-0.25, -0.2) is 0 Å². The summed E-state index contributed by atoms with van der Waals surface area (Å²) in [5.41, 5.74) is -2.70. The molecule has 110 valence electrons. The lowest BCUT2D eigenvalue weighted by atomic mass is 9.84. The summed E-state index contributed by atoms with van der Waals surface area (Å²) >= 11 is 0. The first-order valence-corrected chi connectivity index (χ1v) is 6.09. The molecule has 0 amide bonds. The maximum absolute atomic E-state index is 13.0. The van der Waals surface area contributed by atoms with Crippen molar-refractivity contribution in [2.45, 2.75) is 24.6 Å². The molecule has 1 saturated heterocycles. The van der Waals surface area contributed by atoms with Gasteiger partial charge in [-0.1, -0.05) is 0 Å². The Balaban J connectivity index is 2.43. The van der Waals surface area contributed by atoms with E-state index in [1.54, 1.807) is 0 Å². The van der Waals surface area contributed by atoms with Gasteiger partial charge in [-0.05, 0) is 6.07 Å². The standard InChI is InChI=1S/C13H14F3NO3/c1-19-12(3-6-20-7-4-12)11(18)9-8-17-5-2-10(9)13(14,15)16/h2,5,8H,3-4,6-7H2,1H3. The fraction of sp³-hybridized carbons (Fsp3) is 0.538. The van der Waals surface area contributed by atoms with E-state index >= 15 is 0 Å². The van der Waals surface area contributed by atoms with Crippen molar-refractivity contribution in [2.24, 2.45) is 0 Å². The van der Waals surface area contributed by atoms with Gasteiger partial charge in [0.25, 0.3) is 0 Å². The monoisotopic (exact) mass is 289 g/mol. The summed E-state index contributed by atoms with van der Waals surface area (Å²) in [6.07, 6.45) is -2.18. The number of hydrogen-bond donors (Lipinski definition) is 0. The molecule has 0 aliphatic carbocycles. The van der Waals surface area contributed by atoms with Crippen molar-refractivity contribution in [1.82, 2.24) is 4.98 Å². The van der Waals surface area contributed by atoms with Crippen molar-refractivity contribution in [3.63, 3.8) is 0 Å². The van der Waals surface area contributed by atoms with E-state index in [1.807, 2.05) is 0 Å². The first-order chi connectivity index (χ1) is 9.41. The van der Waals surface area contributed by atoms with Crippen LogP contribution in [0.3, 0.4) is 0 Å². The van der Waals surface area contributed by atoms with Gasteiger partial charge in [-0.3, -0.25) is 9.78 Å². The Morgan fingerprint density at radius 2 is 2.05 bits per heavy atom. The highest BCUT2D eigenvalue weighted by atomic mass is 19.4. The fourth-order valence-corrected chi connectivity index (χ4v) is 2.29. The maximum atomic E-state index is 13.0. The van der Waals surface area contributed by atoms with E-state index in [0.717, 1.165) is 18.5 Å². The summed E-state index contributed by atoms with van der Waals surface area (Å²) in [6, 6.07) is 0.802. The van der Waals surface area contributed by atoms with Crippen molar-refractivity contribution in [1.29, 1.82) is 0 Å². The van der Waals surface area contributed by atoms with Crippen LogP contribution in [-0.2, 0) is 15.7 Å². The molecule has 20 heavy (non-hydrogen) atoms. The van der Waals surface area contributed by atoms with E-state index in [4.69, 9.17) is 9.47 Å². The van der Waals surface area contributed by atoms with Crippen LogP contribution in [0.5, 0.6) is 0 Å².